The van der Waals surface area contributed by atoms with Gasteiger partial charge < -0.3 is 14.6 Å². The van der Waals surface area contributed by atoms with Gasteiger partial charge in [-0.25, -0.2) is 0 Å². The van der Waals surface area contributed by atoms with Crippen molar-refractivity contribution in [1.82, 2.24) is 9.88 Å². The molecule has 22 heavy (non-hydrogen) atoms. The van der Waals surface area contributed by atoms with Crippen molar-refractivity contribution in [3.05, 3.63) is 58.9 Å². The molecule has 2 aromatic rings. The first-order valence-electron chi connectivity index (χ1n) is 7.69. The summed E-state index contributed by atoms with van der Waals surface area (Å²) in [6, 6.07) is 10.1. The molecule has 0 aliphatic carbocycles. The molecule has 1 aliphatic heterocycles. The molecular formula is C18H22N2O2. The van der Waals surface area contributed by atoms with E-state index < -0.39 is 0 Å². The van der Waals surface area contributed by atoms with E-state index in [4.69, 9.17) is 4.74 Å². The van der Waals surface area contributed by atoms with E-state index in [1.807, 2.05) is 24.0 Å². The molecule has 2 atom stereocenters. The minimum Gasteiger partial charge on any atom is -0.370 e. The number of aromatic amines is 1. The summed E-state index contributed by atoms with van der Waals surface area (Å²) in [6.45, 7) is 7.34. The number of carbonyl (C=O) groups excluding carboxylic acids is 1. The van der Waals surface area contributed by atoms with Crippen molar-refractivity contribution in [3.8, 4) is 0 Å². The zero-order chi connectivity index (χ0) is 15.7. The second-order valence-corrected chi connectivity index (χ2v) is 6.07. The van der Waals surface area contributed by atoms with E-state index >= 15 is 0 Å². The van der Waals surface area contributed by atoms with Crippen LogP contribution in [0, 0.1) is 13.8 Å². The Balaban J connectivity index is 1.84. The Hall–Kier alpha value is -2.07. The van der Waals surface area contributed by atoms with Gasteiger partial charge in [0.05, 0.1) is 19.2 Å². The fourth-order valence-electron chi connectivity index (χ4n) is 2.95. The van der Waals surface area contributed by atoms with Crippen LogP contribution in [0.3, 0.4) is 0 Å². The molecule has 0 bridgehead atoms. The van der Waals surface area contributed by atoms with Crippen molar-refractivity contribution in [2.24, 2.45) is 0 Å². The topological polar surface area (TPSA) is 45.3 Å². The van der Waals surface area contributed by atoms with Crippen LogP contribution in [0.2, 0.25) is 0 Å². The molecule has 1 fully saturated rings. The monoisotopic (exact) mass is 298 g/mol. The number of aromatic nitrogens is 1. The van der Waals surface area contributed by atoms with Gasteiger partial charge in [0.1, 0.15) is 11.8 Å². The summed E-state index contributed by atoms with van der Waals surface area (Å²) in [5.74, 6) is 0.0381. The summed E-state index contributed by atoms with van der Waals surface area (Å²) in [5, 5.41) is 0. The van der Waals surface area contributed by atoms with Gasteiger partial charge in [-0.05, 0) is 44.0 Å². The van der Waals surface area contributed by atoms with Crippen LogP contribution in [0.1, 0.15) is 40.2 Å². The van der Waals surface area contributed by atoms with Gasteiger partial charge in [0.15, 0.2) is 0 Å². The Bertz CT molecular complexity index is 664. The zero-order valence-electron chi connectivity index (χ0n) is 13.3. The Labute approximate surface area is 131 Å². The van der Waals surface area contributed by atoms with E-state index in [0.717, 1.165) is 0 Å². The highest BCUT2D eigenvalue weighted by Gasteiger charge is 2.32. The molecule has 116 valence electrons. The molecule has 1 aliphatic rings. The molecule has 1 aromatic carbocycles. The highest BCUT2D eigenvalue weighted by Crippen LogP contribution is 2.28. The van der Waals surface area contributed by atoms with Crippen molar-refractivity contribution in [2.45, 2.75) is 32.9 Å². The smallest absolute Gasteiger partial charge is 0.270 e. The highest BCUT2D eigenvalue weighted by atomic mass is 16.5. The van der Waals surface area contributed by atoms with Gasteiger partial charge in [-0.3, -0.25) is 4.79 Å². The van der Waals surface area contributed by atoms with E-state index in [9.17, 15) is 4.79 Å². The Kier molecular flexibility index (Phi) is 4.03. The molecule has 0 spiro atoms. The Morgan fingerprint density at radius 2 is 2.14 bits per heavy atom. The summed E-state index contributed by atoms with van der Waals surface area (Å²) >= 11 is 0. The van der Waals surface area contributed by atoms with Crippen LogP contribution >= 0.6 is 0 Å². The summed E-state index contributed by atoms with van der Waals surface area (Å²) < 4.78 is 6.01. The maximum atomic E-state index is 12.6. The Morgan fingerprint density at radius 3 is 2.86 bits per heavy atom. The number of ether oxygens (including phenoxy) is 1. The van der Waals surface area contributed by atoms with Crippen LogP contribution in [-0.2, 0) is 4.74 Å². The fraction of sp³-hybridized carbons (Fsp3) is 0.389. The number of H-pyrrole nitrogens is 1. The predicted octanol–water partition coefficient (Wildman–Crippen LogP) is 3.23. The minimum absolute atomic E-state index is 0.0381. The van der Waals surface area contributed by atoms with Crippen LogP contribution in [0.5, 0.6) is 0 Å². The van der Waals surface area contributed by atoms with Crippen molar-refractivity contribution in [2.75, 3.05) is 13.2 Å². The molecule has 1 amide bonds. The largest absolute Gasteiger partial charge is 0.370 e. The highest BCUT2D eigenvalue weighted by molar-refractivity contribution is 5.92. The molecule has 1 N–H and O–H groups in total. The fourth-order valence-corrected chi connectivity index (χ4v) is 2.95. The van der Waals surface area contributed by atoms with Gasteiger partial charge in [0.25, 0.3) is 5.91 Å². The summed E-state index contributed by atoms with van der Waals surface area (Å²) in [6.07, 6.45) is 1.72. The van der Waals surface area contributed by atoms with Crippen molar-refractivity contribution < 1.29 is 9.53 Å². The first kappa shape index (κ1) is 14.9. The number of amides is 1. The molecular weight excluding hydrogens is 276 g/mol. The van der Waals surface area contributed by atoms with E-state index in [2.05, 4.69) is 37.0 Å². The lowest BCUT2D eigenvalue weighted by Crippen LogP contribution is -2.48. The molecule has 0 radical (unpaired) electrons. The third-order valence-electron chi connectivity index (χ3n) is 4.30. The number of hydrogen-bond donors (Lipinski definition) is 1. The number of rotatable bonds is 2. The quantitative estimate of drug-likeness (QED) is 0.925. The maximum Gasteiger partial charge on any atom is 0.270 e. The van der Waals surface area contributed by atoms with Crippen molar-refractivity contribution in [1.29, 1.82) is 0 Å². The predicted molar refractivity (Wildman–Crippen MR) is 85.9 cm³/mol. The molecule has 4 heteroatoms. The number of nitrogens with zero attached hydrogens (tertiary/aromatic N) is 1. The van der Waals surface area contributed by atoms with E-state index in [1.54, 1.807) is 6.20 Å². The van der Waals surface area contributed by atoms with Gasteiger partial charge in [-0.2, -0.15) is 0 Å². The number of nitrogens with one attached hydrogen (secondary N) is 1. The van der Waals surface area contributed by atoms with Gasteiger partial charge >= 0.3 is 0 Å². The number of carbonyl (C=O) groups is 1. The second kappa shape index (κ2) is 5.97. The second-order valence-electron chi connectivity index (χ2n) is 6.07. The normalized spacial score (nSPS) is 21.9. The zero-order valence-corrected chi connectivity index (χ0v) is 13.3. The average Bonchev–Trinajstić information content (AvgIpc) is 3.04. The SMILES string of the molecule is Cc1ccc(C)c([C@H]2CN(C(=O)c3ccc[nH]3)[C@@H](C)CO2)c1. The maximum absolute atomic E-state index is 12.6. The van der Waals surface area contributed by atoms with Crippen LogP contribution in [0.4, 0.5) is 0 Å². The number of morpholine rings is 1. The summed E-state index contributed by atoms with van der Waals surface area (Å²) in [5.41, 5.74) is 4.23. The number of aryl methyl sites for hydroxylation is 2. The van der Waals surface area contributed by atoms with Crippen LogP contribution in [-0.4, -0.2) is 35.0 Å². The third-order valence-corrected chi connectivity index (χ3v) is 4.30. The van der Waals surface area contributed by atoms with Gasteiger partial charge in [0, 0.05) is 6.20 Å². The van der Waals surface area contributed by atoms with E-state index in [1.165, 1.54) is 16.7 Å². The lowest BCUT2D eigenvalue weighted by molar-refractivity contribution is -0.0490. The molecule has 2 heterocycles. The number of benzene rings is 1. The van der Waals surface area contributed by atoms with E-state index in [-0.39, 0.29) is 18.1 Å². The number of hydrogen-bond acceptors (Lipinski definition) is 2. The molecule has 1 saturated heterocycles. The standard InChI is InChI=1S/C18H22N2O2/c1-12-6-7-13(2)15(9-12)17-10-20(14(3)11-22-17)18(21)16-5-4-8-19-16/h4-9,14,17,19H,10-11H2,1-3H3/t14-,17+/m0/s1. The lowest BCUT2D eigenvalue weighted by Gasteiger charge is -2.38. The molecule has 3 rings (SSSR count). The van der Waals surface area contributed by atoms with Gasteiger partial charge in [-0.1, -0.05) is 23.8 Å². The molecule has 1 aromatic heterocycles. The van der Waals surface area contributed by atoms with Crippen LogP contribution in [0.15, 0.2) is 36.5 Å². The van der Waals surface area contributed by atoms with E-state index in [0.29, 0.717) is 18.8 Å². The lowest BCUT2D eigenvalue weighted by atomic mass is 9.98. The Morgan fingerprint density at radius 1 is 1.32 bits per heavy atom. The van der Waals surface area contributed by atoms with Gasteiger partial charge in [0.2, 0.25) is 0 Å². The first-order valence-corrected chi connectivity index (χ1v) is 7.69. The van der Waals surface area contributed by atoms with Gasteiger partial charge in [-0.15, -0.1) is 0 Å². The summed E-state index contributed by atoms with van der Waals surface area (Å²) in [7, 11) is 0. The minimum atomic E-state index is -0.0602. The average molecular weight is 298 g/mol. The first-order chi connectivity index (χ1) is 10.6. The van der Waals surface area contributed by atoms with Crippen molar-refractivity contribution in [3.63, 3.8) is 0 Å². The molecule has 4 nitrogen and oxygen atoms in total. The van der Waals surface area contributed by atoms with Crippen LogP contribution in [0.25, 0.3) is 0 Å². The van der Waals surface area contributed by atoms with Crippen LogP contribution < -0.4 is 0 Å². The third kappa shape index (κ3) is 2.79. The molecule has 0 saturated carbocycles. The molecule has 0 unspecified atom stereocenters. The van der Waals surface area contributed by atoms with Crippen molar-refractivity contribution >= 4 is 5.91 Å². The summed E-state index contributed by atoms with van der Waals surface area (Å²) in [4.78, 5) is 17.5.